The van der Waals surface area contributed by atoms with Crippen LogP contribution in [0.1, 0.15) is 34.3 Å². The van der Waals surface area contributed by atoms with Gasteiger partial charge in [0, 0.05) is 23.1 Å². The van der Waals surface area contributed by atoms with Gasteiger partial charge in [-0.05, 0) is 82.9 Å². The lowest BCUT2D eigenvalue weighted by Crippen LogP contribution is -2.48. The standard InChI is InChI=1S/C28H27BrFN3O5/c1-18-15-19(7-12-23(18)31-27(37)32-24-6-3-2-5-22(24)29)16-25(34)33-14-4-13-28(33,30)17-38-21-10-8-20(9-11-21)26(35)36/h2-3,5-12,15H,4,13-14,16-17H2,1H3,(H,35,36)(H2,31,32,37)/t28-/m1/s1. The molecule has 1 saturated heterocycles. The number of carboxylic acid groups (broad SMARTS) is 1. The Balaban J connectivity index is 1.35. The molecule has 0 saturated carbocycles. The van der Waals surface area contributed by atoms with Gasteiger partial charge in [-0.3, -0.25) is 4.79 Å². The number of para-hydroxylation sites is 1. The zero-order valence-electron chi connectivity index (χ0n) is 20.7. The van der Waals surface area contributed by atoms with Crippen LogP contribution in [0.5, 0.6) is 5.75 Å². The molecule has 0 spiro atoms. The first-order valence-electron chi connectivity index (χ1n) is 12.0. The van der Waals surface area contributed by atoms with Crippen LogP contribution in [0.4, 0.5) is 20.6 Å². The van der Waals surface area contributed by atoms with Crippen LogP contribution in [0.15, 0.2) is 71.2 Å². The third kappa shape index (κ3) is 6.49. The number of aromatic carboxylic acids is 1. The minimum absolute atomic E-state index is 0.00323. The number of carboxylic acids is 1. The van der Waals surface area contributed by atoms with Crippen LogP contribution in [-0.4, -0.2) is 46.9 Å². The number of amides is 3. The number of benzene rings is 3. The topological polar surface area (TPSA) is 108 Å². The number of rotatable bonds is 8. The van der Waals surface area contributed by atoms with E-state index in [1.165, 1.54) is 29.2 Å². The first-order chi connectivity index (χ1) is 18.1. The highest BCUT2D eigenvalue weighted by Crippen LogP contribution is 2.33. The highest BCUT2D eigenvalue weighted by Gasteiger charge is 2.44. The highest BCUT2D eigenvalue weighted by molar-refractivity contribution is 9.10. The predicted octanol–water partition coefficient (Wildman–Crippen LogP) is 6.01. The average molecular weight is 584 g/mol. The number of anilines is 2. The molecule has 1 aliphatic heterocycles. The van der Waals surface area contributed by atoms with E-state index in [2.05, 4.69) is 26.6 Å². The Labute approximate surface area is 227 Å². The van der Waals surface area contributed by atoms with Crippen molar-refractivity contribution in [3.05, 3.63) is 87.9 Å². The van der Waals surface area contributed by atoms with Crippen molar-refractivity contribution in [1.82, 2.24) is 4.90 Å². The Kier molecular flexibility index (Phi) is 8.31. The molecule has 0 aliphatic carbocycles. The number of hydrogen-bond acceptors (Lipinski definition) is 4. The minimum atomic E-state index is -1.96. The zero-order valence-corrected chi connectivity index (χ0v) is 22.3. The first kappa shape index (κ1) is 27.1. The fraction of sp³-hybridized carbons (Fsp3) is 0.250. The number of aryl methyl sites for hydroxylation is 1. The molecule has 3 aromatic rings. The normalized spacial score (nSPS) is 16.7. The van der Waals surface area contributed by atoms with Gasteiger partial charge in [-0.15, -0.1) is 0 Å². The van der Waals surface area contributed by atoms with Crippen LogP contribution in [0.3, 0.4) is 0 Å². The summed E-state index contributed by atoms with van der Waals surface area (Å²) in [6, 6.07) is 17.8. The molecule has 10 heteroatoms. The van der Waals surface area contributed by atoms with E-state index in [-0.39, 0.29) is 37.5 Å². The SMILES string of the molecule is Cc1cc(CC(=O)N2CCC[C@]2(F)COc2ccc(C(=O)O)cc2)ccc1NC(=O)Nc1ccccc1Br. The van der Waals surface area contributed by atoms with Crippen molar-refractivity contribution in [2.75, 3.05) is 23.8 Å². The Bertz CT molecular complexity index is 1350. The fourth-order valence-electron chi connectivity index (χ4n) is 4.31. The molecule has 38 heavy (non-hydrogen) atoms. The van der Waals surface area contributed by atoms with E-state index < -0.39 is 17.8 Å². The van der Waals surface area contributed by atoms with Crippen molar-refractivity contribution < 1.29 is 28.6 Å². The number of alkyl halides is 1. The zero-order chi connectivity index (χ0) is 27.3. The second-order valence-electron chi connectivity index (χ2n) is 9.07. The monoisotopic (exact) mass is 583 g/mol. The number of carbonyl (C=O) groups is 3. The van der Waals surface area contributed by atoms with Gasteiger partial charge in [0.1, 0.15) is 12.4 Å². The molecule has 3 amide bonds. The third-order valence-electron chi connectivity index (χ3n) is 6.30. The van der Waals surface area contributed by atoms with Crippen LogP contribution in [0.25, 0.3) is 0 Å². The highest BCUT2D eigenvalue weighted by atomic mass is 79.9. The molecule has 1 heterocycles. The van der Waals surface area contributed by atoms with Crippen molar-refractivity contribution in [2.24, 2.45) is 0 Å². The van der Waals surface area contributed by atoms with Gasteiger partial charge in [-0.25, -0.2) is 14.0 Å². The molecule has 3 aromatic carbocycles. The Hall–Kier alpha value is -3.92. The second kappa shape index (κ2) is 11.6. The molecule has 1 aliphatic rings. The molecule has 198 valence electrons. The molecule has 0 radical (unpaired) electrons. The van der Waals surface area contributed by atoms with Crippen LogP contribution < -0.4 is 15.4 Å². The van der Waals surface area contributed by atoms with Gasteiger partial charge in [-0.2, -0.15) is 0 Å². The lowest BCUT2D eigenvalue weighted by atomic mass is 10.1. The molecular weight excluding hydrogens is 557 g/mol. The minimum Gasteiger partial charge on any atom is -0.488 e. The number of ether oxygens (including phenoxy) is 1. The van der Waals surface area contributed by atoms with Gasteiger partial charge >= 0.3 is 12.0 Å². The van der Waals surface area contributed by atoms with Crippen molar-refractivity contribution >= 4 is 45.2 Å². The summed E-state index contributed by atoms with van der Waals surface area (Å²) in [7, 11) is 0. The van der Waals surface area contributed by atoms with E-state index in [9.17, 15) is 14.4 Å². The Morgan fingerprint density at radius 1 is 1.05 bits per heavy atom. The van der Waals surface area contributed by atoms with Crippen molar-refractivity contribution in [3.63, 3.8) is 0 Å². The molecule has 0 aromatic heterocycles. The van der Waals surface area contributed by atoms with E-state index in [1.54, 1.807) is 24.3 Å². The Morgan fingerprint density at radius 2 is 1.76 bits per heavy atom. The maximum absolute atomic E-state index is 15.7. The number of urea groups is 1. The second-order valence-corrected chi connectivity index (χ2v) is 9.92. The van der Waals surface area contributed by atoms with Gasteiger partial charge < -0.3 is 25.4 Å². The molecule has 4 rings (SSSR count). The quantitative estimate of drug-likeness (QED) is 0.281. The molecule has 0 unspecified atom stereocenters. The summed E-state index contributed by atoms with van der Waals surface area (Å²) in [6.07, 6.45) is 0.668. The summed E-state index contributed by atoms with van der Waals surface area (Å²) >= 11 is 3.39. The molecular formula is C28H27BrFN3O5. The molecule has 0 bridgehead atoms. The van der Waals surface area contributed by atoms with Crippen molar-refractivity contribution in [1.29, 1.82) is 0 Å². The first-order valence-corrected chi connectivity index (χ1v) is 12.8. The maximum Gasteiger partial charge on any atom is 0.335 e. The summed E-state index contributed by atoms with van der Waals surface area (Å²) in [6.45, 7) is 1.75. The van der Waals surface area contributed by atoms with Crippen molar-refractivity contribution in [3.8, 4) is 5.75 Å². The average Bonchev–Trinajstić information content (AvgIpc) is 3.28. The lowest BCUT2D eigenvalue weighted by molar-refractivity contribution is -0.144. The molecule has 3 N–H and O–H groups in total. The lowest BCUT2D eigenvalue weighted by Gasteiger charge is -2.31. The smallest absolute Gasteiger partial charge is 0.335 e. The van der Waals surface area contributed by atoms with Gasteiger partial charge in [0.25, 0.3) is 0 Å². The third-order valence-corrected chi connectivity index (χ3v) is 7.00. The number of carbonyl (C=O) groups excluding carboxylic acids is 2. The van der Waals surface area contributed by atoms with Gasteiger partial charge in [0.2, 0.25) is 11.7 Å². The van der Waals surface area contributed by atoms with E-state index in [4.69, 9.17) is 9.84 Å². The van der Waals surface area contributed by atoms with Gasteiger partial charge in [0.05, 0.1) is 17.7 Å². The van der Waals surface area contributed by atoms with Crippen LogP contribution >= 0.6 is 15.9 Å². The predicted molar refractivity (Wildman–Crippen MR) is 145 cm³/mol. The summed E-state index contributed by atoms with van der Waals surface area (Å²) in [5, 5.41) is 14.6. The van der Waals surface area contributed by atoms with Crippen LogP contribution in [0, 0.1) is 6.92 Å². The summed E-state index contributed by atoms with van der Waals surface area (Å²) in [4.78, 5) is 37.7. The van der Waals surface area contributed by atoms with E-state index in [0.29, 0.717) is 29.1 Å². The molecule has 8 nitrogen and oxygen atoms in total. The van der Waals surface area contributed by atoms with Crippen molar-refractivity contribution in [2.45, 2.75) is 32.0 Å². The van der Waals surface area contributed by atoms with Gasteiger partial charge in [-0.1, -0.05) is 24.3 Å². The number of hydrogen-bond donors (Lipinski definition) is 3. The number of halogens is 2. The number of nitrogens with zero attached hydrogens (tertiary/aromatic N) is 1. The molecule has 1 fully saturated rings. The number of nitrogens with one attached hydrogen (secondary N) is 2. The van der Waals surface area contributed by atoms with E-state index in [1.807, 2.05) is 25.1 Å². The fourth-order valence-corrected chi connectivity index (χ4v) is 4.70. The van der Waals surface area contributed by atoms with Gasteiger partial charge in [0.15, 0.2) is 0 Å². The summed E-state index contributed by atoms with van der Waals surface area (Å²) in [5.41, 5.74) is 2.79. The summed E-state index contributed by atoms with van der Waals surface area (Å²) < 4.78 is 22.1. The largest absolute Gasteiger partial charge is 0.488 e. The Morgan fingerprint density at radius 3 is 2.45 bits per heavy atom. The molecule has 1 atom stereocenters. The van der Waals surface area contributed by atoms with Crippen LogP contribution in [0.2, 0.25) is 0 Å². The maximum atomic E-state index is 15.7. The number of likely N-dealkylation sites (tertiary alicyclic amines) is 1. The van der Waals surface area contributed by atoms with E-state index >= 15 is 4.39 Å². The van der Waals surface area contributed by atoms with Crippen LogP contribution in [-0.2, 0) is 11.2 Å². The summed E-state index contributed by atoms with van der Waals surface area (Å²) in [5.74, 6) is -3.05. The van der Waals surface area contributed by atoms with E-state index in [0.717, 1.165) is 10.0 Å².